The van der Waals surface area contributed by atoms with Crippen LogP contribution in [0.2, 0.25) is 0 Å². The van der Waals surface area contributed by atoms with Gasteiger partial charge in [-0.15, -0.1) is 0 Å². The van der Waals surface area contributed by atoms with Gasteiger partial charge in [0.1, 0.15) is 0 Å². The van der Waals surface area contributed by atoms with Gasteiger partial charge in [-0.2, -0.15) is 0 Å². The molecule has 1 unspecified atom stereocenters. The molecule has 0 bridgehead atoms. The fourth-order valence-electron chi connectivity index (χ4n) is 1.75. The van der Waals surface area contributed by atoms with Crippen LogP contribution in [0, 0.1) is 0 Å². The van der Waals surface area contributed by atoms with E-state index in [-0.39, 0.29) is 0 Å². The van der Waals surface area contributed by atoms with Crippen molar-refractivity contribution in [1.29, 1.82) is 0 Å². The predicted molar refractivity (Wildman–Crippen MR) is 73.1 cm³/mol. The molecule has 0 radical (unpaired) electrons. The van der Waals surface area contributed by atoms with Crippen molar-refractivity contribution in [3.63, 3.8) is 0 Å². The molecule has 1 atom stereocenters. The Labute approximate surface area is 104 Å². The van der Waals surface area contributed by atoms with Crippen LogP contribution in [0.1, 0.15) is 20.8 Å². The van der Waals surface area contributed by atoms with E-state index in [9.17, 15) is 4.57 Å². The second-order valence-corrected chi connectivity index (χ2v) is 6.28. The van der Waals surface area contributed by atoms with Gasteiger partial charge in [-0.25, -0.2) is 0 Å². The van der Waals surface area contributed by atoms with Crippen molar-refractivity contribution in [3.8, 4) is 0 Å². The minimum absolute atomic E-state index is 0.480. The van der Waals surface area contributed by atoms with Crippen molar-refractivity contribution in [2.24, 2.45) is 0 Å². The van der Waals surface area contributed by atoms with Gasteiger partial charge in [0, 0.05) is 5.30 Å². The van der Waals surface area contributed by atoms with Gasteiger partial charge in [-0.1, -0.05) is 32.0 Å². The Morgan fingerprint density at radius 3 is 2.18 bits per heavy atom. The van der Waals surface area contributed by atoms with Crippen LogP contribution in [0.3, 0.4) is 0 Å². The van der Waals surface area contributed by atoms with E-state index < -0.39 is 7.37 Å². The highest BCUT2D eigenvalue weighted by atomic mass is 31.2. The lowest BCUT2D eigenvalue weighted by molar-refractivity contribution is 0.297. The van der Waals surface area contributed by atoms with Crippen molar-refractivity contribution >= 4 is 12.7 Å². The van der Waals surface area contributed by atoms with E-state index in [1.165, 1.54) is 0 Å². The molecule has 3 nitrogen and oxygen atoms in total. The van der Waals surface area contributed by atoms with Gasteiger partial charge in [0.2, 0.25) is 7.37 Å². The number of benzene rings is 1. The Morgan fingerprint density at radius 2 is 1.71 bits per heavy atom. The molecule has 1 aromatic rings. The minimum Gasteiger partial charge on any atom is -0.325 e. The molecule has 0 aliphatic heterocycles. The Kier molecular flexibility index (Phi) is 5.90. The molecule has 0 spiro atoms. The summed E-state index contributed by atoms with van der Waals surface area (Å²) >= 11 is 0. The normalized spacial score (nSPS) is 14.8. The molecule has 1 aromatic carbocycles. The fourth-order valence-corrected chi connectivity index (χ4v) is 4.11. The SMILES string of the molecule is CCOP(=O)(CN(CC)CC)c1ccccc1. The van der Waals surface area contributed by atoms with E-state index >= 15 is 0 Å². The average Bonchev–Trinajstić information content (AvgIpc) is 2.37. The maximum Gasteiger partial charge on any atom is 0.245 e. The van der Waals surface area contributed by atoms with Crippen LogP contribution < -0.4 is 5.30 Å². The van der Waals surface area contributed by atoms with Crippen LogP contribution >= 0.6 is 7.37 Å². The van der Waals surface area contributed by atoms with Crippen molar-refractivity contribution in [1.82, 2.24) is 4.90 Å². The summed E-state index contributed by atoms with van der Waals surface area (Å²) in [7, 11) is -2.73. The summed E-state index contributed by atoms with van der Waals surface area (Å²) in [4.78, 5) is 2.14. The van der Waals surface area contributed by atoms with Gasteiger partial charge in [0.15, 0.2) is 0 Å². The predicted octanol–water partition coefficient (Wildman–Crippen LogP) is 2.93. The van der Waals surface area contributed by atoms with E-state index in [0.717, 1.165) is 18.4 Å². The fraction of sp³-hybridized carbons (Fsp3) is 0.538. The summed E-state index contributed by atoms with van der Waals surface area (Å²) in [6.07, 6.45) is 0.498. The van der Waals surface area contributed by atoms with Gasteiger partial charge in [0.25, 0.3) is 0 Å². The summed E-state index contributed by atoms with van der Waals surface area (Å²) < 4.78 is 18.4. The molecule has 0 saturated carbocycles. The Morgan fingerprint density at radius 1 is 1.12 bits per heavy atom. The Bertz CT molecular complexity index is 363. The molecule has 0 amide bonds. The number of nitrogens with zero attached hydrogens (tertiary/aromatic N) is 1. The third-order valence-electron chi connectivity index (χ3n) is 2.77. The third kappa shape index (κ3) is 3.95. The van der Waals surface area contributed by atoms with Crippen molar-refractivity contribution in [2.75, 3.05) is 26.0 Å². The van der Waals surface area contributed by atoms with E-state index in [1.54, 1.807) is 0 Å². The molecule has 0 heterocycles. The first-order valence-electron chi connectivity index (χ1n) is 6.17. The summed E-state index contributed by atoms with van der Waals surface area (Å²) in [6, 6.07) is 9.52. The molecule has 0 saturated heterocycles. The Hall–Kier alpha value is -0.630. The van der Waals surface area contributed by atoms with E-state index in [1.807, 2.05) is 37.3 Å². The molecule has 0 aromatic heterocycles. The van der Waals surface area contributed by atoms with Crippen LogP contribution in [0.5, 0.6) is 0 Å². The summed E-state index contributed by atoms with van der Waals surface area (Å²) in [5.41, 5.74) is 0. The molecule has 0 aliphatic carbocycles. The number of hydrogen-bond donors (Lipinski definition) is 0. The van der Waals surface area contributed by atoms with E-state index in [4.69, 9.17) is 4.52 Å². The van der Waals surface area contributed by atoms with E-state index in [2.05, 4.69) is 18.7 Å². The lowest BCUT2D eigenvalue weighted by Crippen LogP contribution is -2.27. The molecule has 96 valence electrons. The zero-order chi connectivity index (χ0) is 12.7. The second-order valence-electron chi connectivity index (χ2n) is 3.87. The summed E-state index contributed by atoms with van der Waals surface area (Å²) in [5.74, 6) is 0. The van der Waals surface area contributed by atoms with Crippen molar-refractivity contribution in [2.45, 2.75) is 20.8 Å². The molecule has 4 heteroatoms. The van der Waals surface area contributed by atoms with Crippen molar-refractivity contribution < 1.29 is 9.09 Å². The van der Waals surface area contributed by atoms with Gasteiger partial charge in [-0.05, 0) is 32.1 Å². The van der Waals surface area contributed by atoms with Gasteiger partial charge in [-0.3, -0.25) is 9.46 Å². The molecule has 17 heavy (non-hydrogen) atoms. The first-order valence-corrected chi connectivity index (χ1v) is 7.98. The summed E-state index contributed by atoms with van der Waals surface area (Å²) in [6.45, 7) is 8.29. The molecule has 1 rings (SSSR count). The van der Waals surface area contributed by atoms with Crippen molar-refractivity contribution in [3.05, 3.63) is 30.3 Å². The average molecular weight is 255 g/mol. The van der Waals surface area contributed by atoms with Gasteiger partial charge in [0.05, 0.1) is 12.9 Å². The quantitative estimate of drug-likeness (QED) is 0.702. The highest BCUT2D eigenvalue weighted by Gasteiger charge is 2.27. The highest BCUT2D eigenvalue weighted by molar-refractivity contribution is 7.66. The van der Waals surface area contributed by atoms with Crippen LogP contribution in [-0.2, 0) is 9.09 Å². The largest absolute Gasteiger partial charge is 0.325 e. The molecular weight excluding hydrogens is 233 g/mol. The molecule has 0 fully saturated rings. The summed E-state index contributed by atoms with van der Waals surface area (Å²) in [5, 5.41) is 0.814. The number of rotatable bonds is 7. The maximum absolute atomic E-state index is 12.9. The topological polar surface area (TPSA) is 29.5 Å². The zero-order valence-electron chi connectivity index (χ0n) is 10.9. The lowest BCUT2D eigenvalue weighted by atomic mass is 10.4. The minimum atomic E-state index is -2.73. The zero-order valence-corrected chi connectivity index (χ0v) is 11.8. The monoisotopic (exact) mass is 255 g/mol. The Balaban J connectivity index is 2.93. The van der Waals surface area contributed by atoms with Crippen LogP contribution in [0.4, 0.5) is 0 Å². The van der Waals surface area contributed by atoms with E-state index in [0.29, 0.717) is 12.9 Å². The second kappa shape index (κ2) is 6.95. The third-order valence-corrected chi connectivity index (χ3v) is 5.30. The number of hydrogen-bond acceptors (Lipinski definition) is 3. The van der Waals surface area contributed by atoms with Crippen LogP contribution in [0.15, 0.2) is 30.3 Å². The molecular formula is C13H22NO2P. The van der Waals surface area contributed by atoms with Gasteiger partial charge < -0.3 is 4.52 Å². The highest BCUT2D eigenvalue weighted by Crippen LogP contribution is 2.45. The molecule has 0 N–H and O–H groups in total. The smallest absolute Gasteiger partial charge is 0.245 e. The van der Waals surface area contributed by atoms with Gasteiger partial charge >= 0.3 is 0 Å². The van der Waals surface area contributed by atoms with Crippen LogP contribution in [0.25, 0.3) is 0 Å². The molecule has 0 aliphatic rings. The first kappa shape index (κ1) is 14.4. The maximum atomic E-state index is 12.9. The first-order chi connectivity index (χ1) is 8.16. The lowest BCUT2D eigenvalue weighted by Gasteiger charge is -2.25. The van der Waals surface area contributed by atoms with Crippen LogP contribution in [-0.4, -0.2) is 30.9 Å². The standard InChI is InChI=1S/C13H22NO2P/c1-4-14(5-2)12-17(15,16-6-3)13-10-8-7-9-11-13/h7-11H,4-6,12H2,1-3H3.